The molecule has 1 heterocycles. The van der Waals surface area contributed by atoms with Gasteiger partial charge in [0.25, 0.3) is 5.56 Å². The standard InChI is InChI=1S/C19H24F3N3O6S/c1-5-7-8-31-18(28)25(32(4)29)24-16(26)12-9-11(15(6-2)30-3)13(19(20,21)22)10-14(12)23-17(24)27/h9-10,15H,5-8H2,1-4H3,(H,23,27). The molecule has 1 aromatic carbocycles. The minimum Gasteiger partial charge on any atom is -0.447 e. The highest BCUT2D eigenvalue weighted by Gasteiger charge is 2.36. The molecule has 0 bridgehead atoms. The monoisotopic (exact) mass is 479 g/mol. The van der Waals surface area contributed by atoms with E-state index in [1.165, 1.54) is 7.11 Å². The Bertz CT molecular complexity index is 1120. The van der Waals surface area contributed by atoms with Crippen LogP contribution in [-0.2, 0) is 26.6 Å². The highest BCUT2D eigenvalue weighted by Crippen LogP contribution is 2.38. The van der Waals surface area contributed by atoms with Gasteiger partial charge in [0.15, 0.2) is 0 Å². The summed E-state index contributed by atoms with van der Waals surface area (Å²) in [7, 11) is -0.958. The lowest BCUT2D eigenvalue weighted by Crippen LogP contribution is -2.54. The number of nitrogens with one attached hydrogen (secondary N) is 1. The number of H-pyrrole nitrogens is 1. The van der Waals surface area contributed by atoms with E-state index >= 15 is 0 Å². The van der Waals surface area contributed by atoms with E-state index in [2.05, 4.69) is 4.98 Å². The Balaban J connectivity index is 2.80. The van der Waals surface area contributed by atoms with E-state index in [1.807, 2.05) is 6.92 Å². The molecule has 2 unspecified atom stereocenters. The average Bonchev–Trinajstić information content (AvgIpc) is 2.70. The summed E-state index contributed by atoms with van der Waals surface area (Å²) in [6, 6.07) is 1.61. The number of methoxy groups -OCH3 is 1. The molecular weight excluding hydrogens is 455 g/mol. The molecule has 9 nitrogen and oxygen atoms in total. The quantitative estimate of drug-likeness (QED) is 0.583. The molecule has 32 heavy (non-hydrogen) atoms. The fourth-order valence-corrected chi connectivity index (χ4v) is 3.76. The van der Waals surface area contributed by atoms with Gasteiger partial charge in [-0.1, -0.05) is 20.3 Å². The normalized spacial score (nSPS) is 13.7. The number of aromatic amines is 1. The summed E-state index contributed by atoms with van der Waals surface area (Å²) in [5, 5.41) is -0.320. The third kappa shape index (κ3) is 5.21. The van der Waals surface area contributed by atoms with Crippen LogP contribution in [0.1, 0.15) is 50.3 Å². The number of ether oxygens (including phenoxy) is 2. The van der Waals surface area contributed by atoms with Gasteiger partial charge >= 0.3 is 18.0 Å². The summed E-state index contributed by atoms with van der Waals surface area (Å²) >= 11 is 0. The highest BCUT2D eigenvalue weighted by atomic mass is 32.2. The molecule has 0 fully saturated rings. The van der Waals surface area contributed by atoms with Crippen LogP contribution in [-0.4, -0.2) is 39.9 Å². The average molecular weight is 479 g/mol. The van der Waals surface area contributed by atoms with Crippen molar-refractivity contribution < 1.29 is 31.6 Å². The number of carbonyl (C=O) groups is 1. The molecule has 0 aliphatic rings. The molecular formula is C19H24F3N3O6S. The maximum absolute atomic E-state index is 13.6. The van der Waals surface area contributed by atoms with Crippen molar-refractivity contribution in [1.29, 1.82) is 0 Å². The van der Waals surface area contributed by atoms with Gasteiger partial charge in [0.2, 0.25) is 0 Å². The van der Waals surface area contributed by atoms with Gasteiger partial charge in [-0.3, -0.25) is 4.79 Å². The second-order valence-corrected chi connectivity index (χ2v) is 8.02. The molecule has 1 N–H and O–H groups in total. The number of aromatic nitrogens is 2. The van der Waals surface area contributed by atoms with Crippen molar-refractivity contribution in [3.05, 3.63) is 44.1 Å². The molecule has 2 rings (SSSR count). The van der Waals surface area contributed by atoms with Crippen LogP contribution in [0.4, 0.5) is 18.0 Å². The second kappa shape index (κ2) is 10.3. The SMILES string of the molecule is CCCCOC(=O)N(n1c(=O)[nH]c2cc(C(F)(F)F)c(C(CC)OC)cc2c1=O)S(C)=O. The number of benzene rings is 1. The molecule has 0 saturated heterocycles. The van der Waals surface area contributed by atoms with Crippen molar-refractivity contribution in [3.8, 4) is 0 Å². The number of hydrogen-bond acceptors (Lipinski definition) is 6. The third-order valence-electron chi connectivity index (χ3n) is 4.66. The minimum absolute atomic E-state index is 0.0334. The molecule has 0 aliphatic carbocycles. The summed E-state index contributed by atoms with van der Waals surface area (Å²) < 4.78 is 63.7. The van der Waals surface area contributed by atoms with E-state index < -0.39 is 46.2 Å². The van der Waals surface area contributed by atoms with Gasteiger partial charge in [0.05, 0.1) is 29.2 Å². The second-order valence-electron chi connectivity index (χ2n) is 6.83. The van der Waals surface area contributed by atoms with Crippen molar-refractivity contribution in [3.63, 3.8) is 0 Å². The van der Waals surface area contributed by atoms with Crippen molar-refractivity contribution in [2.24, 2.45) is 0 Å². The summed E-state index contributed by atoms with van der Waals surface area (Å²) in [5.41, 5.74) is -4.14. The number of rotatable bonds is 8. The number of unbranched alkanes of at least 4 members (excludes halogenated alkanes) is 1. The first-order chi connectivity index (χ1) is 15.0. The summed E-state index contributed by atoms with van der Waals surface area (Å²) in [6.07, 6.45) is -4.54. The topological polar surface area (TPSA) is 111 Å². The van der Waals surface area contributed by atoms with E-state index in [-0.39, 0.29) is 34.2 Å². The molecule has 178 valence electrons. The zero-order valence-electron chi connectivity index (χ0n) is 17.9. The maximum atomic E-state index is 13.6. The molecule has 0 saturated carbocycles. The predicted octanol–water partition coefficient (Wildman–Crippen LogP) is 2.97. The molecule has 2 atom stereocenters. The van der Waals surface area contributed by atoms with Crippen LogP contribution in [0.25, 0.3) is 10.9 Å². The minimum atomic E-state index is -4.78. The Kier molecular flexibility index (Phi) is 8.24. The summed E-state index contributed by atoms with van der Waals surface area (Å²) in [5.74, 6) is 0. The number of amides is 1. The van der Waals surface area contributed by atoms with Gasteiger partial charge in [0.1, 0.15) is 11.0 Å². The van der Waals surface area contributed by atoms with Crippen LogP contribution in [0.3, 0.4) is 0 Å². The number of carbonyl (C=O) groups excluding carboxylic acids is 1. The van der Waals surface area contributed by atoms with Crippen LogP contribution in [0.15, 0.2) is 21.7 Å². The lowest BCUT2D eigenvalue weighted by atomic mass is 9.97. The first-order valence-electron chi connectivity index (χ1n) is 9.71. The molecule has 2 aromatic rings. The molecule has 1 aromatic heterocycles. The molecule has 13 heteroatoms. The van der Waals surface area contributed by atoms with Crippen molar-refractivity contribution in [1.82, 2.24) is 9.66 Å². The van der Waals surface area contributed by atoms with E-state index in [9.17, 15) is 31.8 Å². The van der Waals surface area contributed by atoms with Gasteiger partial charge in [0, 0.05) is 13.4 Å². The maximum Gasteiger partial charge on any atom is 0.442 e. The van der Waals surface area contributed by atoms with E-state index in [4.69, 9.17) is 9.47 Å². The fraction of sp³-hybridized carbons (Fsp3) is 0.526. The van der Waals surface area contributed by atoms with Gasteiger partial charge in [-0.05, 0) is 30.5 Å². The van der Waals surface area contributed by atoms with Crippen LogP contribution >= 0.6 is 0 Å². The first-order valence-corrected chi connectivity index (χ1v) is 11.2. The lowest BCUT2D eigenvalue weighted by molar-refractivity contribution is -0.139. The lowest BCUT2D eigenvalue weighted by Gasteiger charge is -2.22. The number of fused-ring (bicyclic) bond motifs is 1. The number of hydrogen-bond donors (Lipinski definition) is 1. The Labute approximate surface area is 183 Å². The number of halogens is 3. The van der Waals surface area contributed by atoms with Gasteiger partial charge in [-0.15, -0.1) is 9.09 Å². The summed E-state index contributed by atoms with van der Waals surface area (Å²) in [4.78, 5) is 40.2. The zero-order chi connectivity index (χ0) is 24.2. The van der Waals surface area contributed by atoms with Gasteiger partial charge < -0.3 is 14.5 Å². The Hall–Kier alpha value is -2.67. The van der Waals surface area contributed by atoms with Gasteiger partial charge in [-0.25, -0.2) is 13.8 Å². The van der Waals surface area contributed by atoms with Crippen LogP contribution in [0.2, 0.25) is 0 Å². The molecule has 1 amide bonds. The first kappa shape index (κ1) is 25.6. The molecule has 0 radical (unpaired) electrons. The van der Waals surface area contributed by atoms with Crippen molar-refractivity contribution in [2.45, 2.75) is 45.4 Å². The zero-order valence-corrected chi connectivity index (χ0v) is 18.8. The third-order valence-corrected chi connectivity index (χ3v) is 5.46. The van der Waals surface area contributed by atoms with E-state index in [0.29, 0.717) is 23.3 Å². The fourth-order valence-electron chi connectivity index (χ4n) is 3.12. The van der Waals surface area contributed by atoms with Gasteiger partial charge in [-0.2, -0.15) is 13.2 Å². The van der Waals surface area contributed by atoms with Crippen LogP contribution in [0, 0.1) is 0 Å². The van der Waals surface area contributed by atoms with E-state index in [1.54, 1.807) is 6.92 Å². The van der Waals surface area contributed by atoms with Crippen LogP contribution < -0.4 is 15.7 Å². The van der Waals surface area contributed by atoms with E-state index in [0.717, 1.165) is 12.3 Å². The van der Waals surface area contributed by atoms with Crippen LogP contribution in [0.5, 0.6) is 0 Å². The van der Waals surface area contributed by atoms with Crippen molar-refractivity contribution in [2.75, 3.05) is 24.4 Å². The predicted molar refractivity (Wildman–Crippen MR) is 112 cm³/mol. The highest BCUT2D eigenvalue weighted by molar-refractivity contribution is 7.86. The number of alkyl halides is 3. The molecule has 0 aliphatic heterocycles. The van der Waals surface area contributed by atoms with Crippen molar-refractivity contribution >= 4 is 28.0 Å². The number of nitrogens with zero attached hydrogens (tertiary/aromatic N) is 2. The Morgan fingerprint density at radius 3 is 2.44 bits per heavy atom. The Morgan fingerprint density at radius 2 is 1.94 bits per heavy atom. The smallest absolute Gasteiger partial charge is 0.442 e. The molecule has 0 spiro atoms. The largest absolute Gasteiger partial charge is 0.447 e. The summed E-state index contributed by atoms with van der Waals surface area (Å²) in [6.45, 7) is 3.42. The Morgan fingerprint density at radius 1 is 1.28 bits per heavy atom.